The van der Waals surface area contributed by atoms with Gasteiger partial charge in [-0.3, -0.25) is 0 Å². The second-order valence-electron chi connectivity index (χ2n) is 6.35. The van der Waals surface area contributed by atoms with Crippen LogP contribution >= 0.6 is 0 Å². The normalized spacial score (nSPS) is 26.6. The summed E-state index contributed by atoms with van der Waals surface area (Å²) in [5.41, 5.74) is 2.65. The van der Waals surface area contributed by atoms with Crippen molar-refractivity contribution < 1.29 is 9.84 Å². The van der Waals surface area contributed by atoms with E-state index in [1.165, 1.54) is 18.4 Å². The minimum absolute atomic E-state index is 0.700. The summed E-state index contributed by atoms with van der Waals surface area (Å²) in [5, 5.41) is 11.1. The van der Waals surface area contributed by atoms with E-state index in [2.05, 4.69) is 32.9 Å². The summed E-state index contributed by atoms with van der Waals surface area (Å²) in [6.45, 7) is 6.40. The highest BCUT2D eigenvalue weighted by Crippen LogP contribution is 2.45. The summed E-state index contributed by atoms with van der Waals surface area (Å²) in [6, 6.07) is 4.16. The Morgan fingerprint density at radius 1 is 1.25 bits per heavy atom. The largest absolute Gasteiger partial charge is 0.496 e. The summed E-state index contributed by atoms with van der Waals surface area (Å²) in [4.78, 5) is 0. The van der Waals surface area contributed by atoms with Crippen LogP contribution in [0.4, 0.5) is 0 Å². The maximum atomic E-state index is 11.1. The Bertz CT molecular complexity index is 457. The average molecular weight is 276 g/mol. The number of rotatable bonds is 4. The van der Waals surface area contributed by atoms with Crippen molar-refractivity contribution >= 4 is 0 Å². The molecule has 0 aromatic heterocycles. The lowest BCUT2D eigenvalue weighted by Gasteiger charge is -2.37. The van der Waals surface area contributed by atoms with E-state index < -0.39 is 5.60 Å². The lowest BCUT2D eigenvalue weighted by atomic mass is 9.73. The molecular weight excluding hydrogens is 248 g/mol. The second kappa shape index (κ2) is 6.17. The van der Waals surface area contributed by atoms with Crippen molar-refractivity contribution in [3.8, 4) is 5.75 Å². The van der Waals surface area contributed by atoms with Crippen LogP contribution in [0.15, 0.2) is 12.1 Å². The molecule has 1 aliphatic carbocycles. The molecule has 0 aliphatic heterocycles. The molecule has 1 fully saturated rings. The predicted octanol–water partition coefficient (Wildman–Crippen LogP) is 4.49. The Hall–Kier alpha value is -1.02. The van der Waals surface area contributed by atoms with Crippen LogP contribution in [0.2, 0.25) is 0 Å². The fourth-order valence-electron chi connectivity index (χ4n) is 3.54. The molecule has 0 atom stereocenters. The number of aliphatic hydroxyl groups is 1. The zero-order valence-corrected chi connectivity index (χ0v) is 13.3. The van der Waals surface area contributed by atoms with Crippen LogP contribution in [0.25, 0.3) is 0 Å². The molecule has 20 heavy (non-hydrogen) atoms. The quantitative estimate of drug-likeness (QED) is 0.878. The van der Waals surface area contributed by atoms with Crippen LogP contribution < -0.4 is 4.74 Å². The molecule has 0 saturated heterocycles. The summed E-state index contributed by atoms with van der Waals surface area (Å²) in [5.74, 6) is 1.67. The molecule has 1 saturated carbocycles. The third-order valence-electron chi connectivity index (χ3n) is 5.01. The molecule has 0 heterocycles. The topological polar surface area (TPSA) is 29.5 Å². The molecule has 1 N–H and O–H groups in total. The minimum atomic E-state index is -0.700. The lowest BCUT2D eigenvalue weighted by Crippen LogP contribution is -2.32. The van der Waals surface area contributed by atoms with Crippen molar-refractivity contribution in [2.45, 2.75) is 64.9 Å². The molecule has 0 spiro atoms. The zero-order valence-electron chi connectivity index (χ0n) is 13.3. The summed E-state index contributed by atoms with van der Waals surface area (Å²) >= 11 is 0. The van der Waals surface area contributed by atoms with Gasteiger partial charge < -0.3 is 9.84 Å². The maximum Gasteiger partial charge on any atom is 0.128 e. The van der Waals surface area contributed by atoms with E-state index in [0.717, 1.165) is 48.5 Å². The summed E-state index contributed by atoms with van der Waals surface area (Å²) < 4.78 is 5.59. The monoisotopic (exact) mass is 276 g/mol. The van der Waals surface area contributed by atoms with Crippen LogP contribution in [-0.2, 0) is 5.60 Å². The van der Waals surface area contributed by atoms with Crippen molar-refractivity contribution in [1.29, 1.82) is 0 Å². The Morgan fingerprint density at radius 2 is 1.90 bits per heavy atom. The zero-order chi connectivity index (χ0) is 14.8. The Balaban J connectivity index is 2.25. The minimum Gasteiger partial charge on any atom is -0.496 e. The van der Waals surface area contributed by atoms with E-state index in [4.69, 9.17) is 4.74 Å². The van der Waals surface area contributed by atoms with Crippen molar-refractivity contribution in [2.75, 3.05) is 7.11 Å². The van der Waals surface area contributed by atoms with Crippen LogP contribution in [0.5, 0.6) is 5.75 Å². The van der Waals surface area contributed by atoms with Gasteiger partial charge >= 0.3 is 0 Å². The van der Waals surface area contributed by atoms with Crippen molar-refractivity contribution in [3.63, 3.8) is 0 Å². The van der Waals surface area contributed by atoms with E-state index in [1.54, 1.807) is 7.11 Å². The maximum absolute atomic E-state index is 11.1. The summed E-state index contributed by atoms with van der Waals surface area (Å²) in [7, 11) is 1.71. The molecule has 112 valence electrons. The van der Waals surface area contributed by atoms with Gasteiger partial charge in [-0.2, -0.15) is 0 Å². The van der Waals surface area contributed by atoms with E-state index in [-0.39, 0.29) is 0 Å². The molecule has 0 amide bonds. The third kappa shape index (κ3) is 2.85. The highest BCUT2D eigenvalue weighted by molar-refractivity contribution is 5.48. The van der Waals surface area contributed by atoms with Gasteiger partial charge in [0.05, 0.1) is 12.7 Å². The highest BCUT2D eigenvalue weighted by atomic mass is 16.5. The SMILES string of the molecule is CCCC1CCC(O)(c2ccc(C)c(C)c2OC)CC1. The fourth-order valence-corrected chi connectivity index (χ4v) is 3.54. The highest BCUT2D eigenvalue weighted by Gasteiger charge is 2.37. The van der Waals surface area contributed by atoms with Gasteiger partial charge in [0.1, 0.15) is 5.75 Å². The molecule has 1 aliphatic rings. The Kier molecular flexibility index (Phi) is 4.74. The summed E-state index contributed by atoms with van der Waals surface area (Å²) in [6.07, 6.45) is 6.50. The number of hydrogen-bond donors (Lipinski definition) is 1. The first-order valence-corrected chi connectivity index (χ1v) is 7.89. The van der Waals surface area contributed by atoms with E-state index in [1.807, 2.05) is 0 Å². The fraction of sp³-hybridized carbons (Fsp3) is 0.667. The van der Waals surface area contributed by atoms with Crippen molar-refractivity contribution in [1.82, 2.24) is 0 Å². The van der Waals surface area contributed by atoms with E-state index in [0.29, 0.717) is 0 Å². The molecule has 1 aromatic rings. The Labute approximate surface area is 123 Å². The first kappa shape index (κ1) is 15.4. The van der Waals surface area contributed by atoms with Gasteiger partial charge in [0.15, 0.2) is 0 Å². The molecule has 0 bridgehead atoms. The lowest BCUT2D eigenvalue weighted by molar-refractivity contribution is -0.0170. The predicted molar refractivity (Wildman–Crippen MR) is 83.2 cm³/mol. The first-order valence-electron chi connectivity index (χ1n) is 7.89. The van der Waals surface area contributed by atoms with Crippen LogP contribution in [0.1, 0.15) is 62.1 Å². The molecule has 2 nitrogen and oxygen atoms in total. The molecule has 1 aromatic carbocycles. The third-order valence-corrected chi connectivity index (χ3v) is 5.01. The molecule has 0 unspecified atom stereocenters. The van der Waals surface area contributed by atoms with Crippen molar-refractivity contribution in [2.24, 2.45) is 5.92 Å². The van der Waals surface area contributed by atoms with E-state index in [9.17, 15) is 5.11 Å². The molecule has 0 radical (unpaired) electrons. The number of aryl methyl sites for hydroxylation is 1. The van der Waals surface area contributed by atoms with Crippen LogP contribution in [0, 0.1) is 19.8 Å². The number of benzene rings is 1. The van der Waals surface area contributed by atoms with E-state index >= 15 is 0 Å². The van der Waals surface area contributed by atoms with Crippen LogP contribution in [0.3, 0.4) is 0 Å². The van der Waals surface area contributed by atoms with Gasteiger partial charge in [0.25, 0.3) is 0 Å². The smallest absolute Gasteiger partial charge is 0.128 e. The Morgan fingerprint density at radius 3 is 2.45 bits per heavy atom. The molecule has 2 heteroatoms. The van der Waals surface area contributed by atoms with Gasteiger partial charge in [0.2, 0.25) is 0 Å². The van der Waals surface area contributed by atoms with Gasteiger partial charge in [-0.1, -0.05) is 31.9 Å². The van der Waals surface area contributed by atoms with Crippen molar-refractivity contribution in [3.05, 3.63) is 28.8 Å². The number of ether oxygens (including phenoxy) is 1. The first-order chi connectivity index (χ1) is 9.51. The standard InChI is InChI=1S/C18H28O2/c1-5-6-15-9-11-18(19,12-10-15)16-8-7-13(2)14(3)17(16)20-4/h7-8,15,19H,5-6,9-12H2,1-4H3. The molecule has 2 rings (SSSR count). The number of hydrogen-bond acceptors (Lipinski definition) is 2. The second-order valence-corrected chi connectivity index (χ2v) is 6.35. The van der Waals surface area contributed by atoms with Gasteiger partial charge in [-0.25, -0.2) is 0 Å². The number of methoxy groups -OCH3 is 1. The van der Waals surface area contributed by atoms with Gasteiger partial charge in [-0.15, -0.1) is 0 Å². The van der Waals surface area contributed by atoms with Gasteiger partial charge in [-0.05, 0) is 56.6 Å². The van der Waals surface area contributed by atoms with Crippen LogP contribution in [-0.4, -0.2) is 12.2 Å². The molecular formula is C18H28O2. The average Bonchev–Trinajstić information content (AvgIpc) is 2.44. The van der Waals surface area contributed by atoms with Gasteiger partial charge in [0, 0.05) is 5.56 Å².